The summed E-state index contributed by atoms with van der Waals surface area (Å²) in [4.78, 5) is 29.8. The molecule has 0 bridgehead atoms. The highest BCUT2D eigenvalue weighted by Crippen LogP contribution is 2.28. The summed E-state index contributed by atoms with van der Waals surface area (Å²) in [7, 11) is 0. The number of anilines is 2. The molecule has 3 aliphatic rings. The lowest BCUT2D eigenvalue weighted by Gasteiger charge is -2.26. The highest BCUT2D eigenvalue weighted by Gasteiger charge is 2.35. The fourth-order valence-corrected chi connectivity index (χ4v) is 6.02. The molecule has 1 N–H and O–H groups in total. The number of ether oxygens (including phenoxy) is 1. The summed E-state index contributed by atoms with van der Waals surface area (Å²) >= 11 is 1.42. The Morgan fingerprint density at radius 3 is 2.71 bits per heavy atom. The molecular formula is C26H35N5O3S. The van der Waals surface area contributed by atoms with Gasteiger partial charge in [-0.05, 0) is 68.8 Å². The maximum atomic E-state index is 12.9. The first-order valence-electron chi connectivity index (χ1n) is 13.0. The van der Waals surface area contributed by atoms with Gasteiger partial charge in [0.25, 0.3) is 0 Å². The molecule has 2 atom stereocenters. The van der Waals surface area contributed by atoms with Gasteiger partial charge >= 0.3 is 0 Å². The van der Waals surface area contributed by atoms with Crippen molar-refractivity contribution in [2.45, 2.75) is 57.9 Å². The standard InChI is InChI=1S/C26H35N5O3S/c32-24-15-21(17-31(24)22-9-6-19(7-10-22)16-30-12-2-1-3-13-30)25(33)27-26-29-28-23(35-26)11-8-20-5-4-14-34-18-20/h6-7,9-10,20-21H,1-5,8,11-18H2,(H,27,29,33). The lowest BCUT2D eigenvalue weighted by atomic mass is 9.97. The van der Waals surface area contributed by atoms with Crippen LogP contribution in [0.4, 0.5) is 10.8 Å². The first-order valence-corrected chi connectivity index (χ1v) is 13.8. The molecule has 0 saturated carbocycles. The highest BCUT2D eigenvalue weighted by atomic mass is 32.1. The molecule has 3 saturated heterocycles. The monoisotopic (exact) mass is 497 g/mol. The van der Waals surface area contributed by atoms with Gasteiger partial charge < -0.3 is 15.0 Å². The summed E-state index contributed by atoms with van der Waals surface area (Å²) in [6, 6.07) is 8.22. The van der Waals surface area contributed by atoms with Crippen molar-refractivity contribution < 1.29 is 14.3 Å². The molecular weight excluding hydrogens is 462 g/mol. The van der Waals surface area contributed by atoms with E-state index in [2.05, 4.69) is 32.5 Å². The van der Waals surface area contributed by atoms with Crippen molar-refractivity contribution in [1.29, 1.82) is 0 Å². The van der Waals surface area contributed by atoms with Crippen LogP contribution in [0, 0.1) is 11.8 Å². The fraction of sp³-hybridized carbons (Fsp3) is 0.615. The van der Waals surface area contributed by atoms with Crippen molar-refractivity contribution in [3.05, 3.63) is 34.8 Å². The zero-order chi connectivity index (χ0) is 24.0. The summed E-state index contributed by atoms with van der Waals surface area (Å²) in [5.41, 5.74) is 2.12. The molecule has 2 unspecified atom stereocenters. The molecule has 8 nitrogen and oxygen atoms in total. The van der Waals surface area contributed by atoms with Crippen molar-refractivity contribution in [3.63, 3.8) is 0 Å². The number of aromatic nitrogens is 2. The fourth-order valence-electron chi connectivity index (χ4n) is 5.27. The summed E-state index contributed by atoms with van der Waals surface area (Å²) < 4.78 is 5.55. The molecule has 1 aromatic heterocycles. The van der Waals surface area contributed by atoms with E-state index in [-0.39, 0.29) is 24.2 Å². The third kappa shape index (κ3) is 6.45. The number of carbonyl (C=O) groups excluding carboxylic acids is 2. The van der Waals surface area contributed by atoms with Crippen molar-refractivity contribution in [1.82, 2.24) is 15.1 Å². The van der Waals surface area contributed by atoms with E-state index in [4.69, 9.17) is 4.74 Å². The molecule has 35 heavy (non-hydrogen) atoms. The maximum Gasteiger partial charge on any atom is 0.231 e. The minimum Gasteiger partial charge on any atom is -0.381 e. The normalized spacial score (nSPS) is 23.5. The average molecular weight is 498 g/mol. The predicted molar refractivity (Wildman–Crippen MR) is 136 cm³/mol. The van der Waals surface area contributed by atoms with Gasteiger partial charge in [-0.1, -0.05) is 29.9 Å². The smallest absolute Gasteiger partial charge is 0.231 e. The van der Waals surface area contributed by atoms with Crippen LogP contribution in [-0.4, -0.2) is 59.8 Å². The van der Waals surface area contributed by atoms with E-state index in [1.165, 1.54) is 42.6 Å². The topological polar surface area (TPSA) is 87.7 Å². The summed E-state index contributed by atoms with van der Waals surface area (Å²) in [5.74, 6) is 0.0230. The Bertz CT molecular complexity index is 999. The Hall–Kier alpha value is -2.36. The van der Waals surface area contributed by atoms with Crippen molar-refractivity contribution >= 4 is 34.0 Å². The van der Waals surface area contributed by atoms with Gasteiger partial charge in [0, 0.05) is 44.8 Å². The van der Waals surface area contributed by atoms with E-state index in [1.54, 1.807) is 4.90 Å². The van der Waals surface area contributed by atoms with Crippen molar-refractivity contribution in [3.8, 4) is 0 Å². The Kier molecular flexibility index (Phi) is 8.06. The molecule has 1 aromatic carbocycles. The molecule has 2 aromatic rings. The van der Waals surface area contributed by atoms with Crippen molar-refractivity contribution in [2.75, 3.05) is 43.1 Å². The number of benzene rings is 1. The van der Waals surface area contributed by atoms with Crippen LogP contribution in [0.25, 0.3) is 0 Å². The number of rotatable bonds is 8. The summed E-state index contributed by atoms with van der Waals surface area (Å²) in [6.45, 7) is 5.37. The second-order valence-electron chi connectivity index (χ2n) is 10.0. The second kappa shape index (κ2) is 11.6. The van der Waals surface area contributed by atoms with Crippen LogP contribution in [0.3, 0.4) is 0 Å². The lowest BCUT2D eigenvalue weighted by Crippen LogP contribution is -2.29. The Morgan fingerprint density at radius 2 is 1.94 bits per heavy atom. The van der Waals surface area contributed by atoms with E-state index in [1.807, 2.05) is 12.1 Å². The number of hydrogen-bond donors (Lipinski definition) is 1. The summed E-state index contributed by atoms with van der Waals surface area (Å²) in [5, 5.41) is 12.7. The predicted octanol–water partition coefficient (Wildman–Crippen LogP) is 3.87. The molecule has 5 rings (SSSR count). The van der Waals surface area contributed by atoms with Gasteiger partial charge in [-0.3, -0.25) is 14.5 Å². The van der Waals surface area contributed by atoms with E-state index in [0.717, 1.165) is 62.8 Å². The number of aryl methyl sites for hydroxylation is 1. The van der Waals surface area contributed by atoms with Gasteiger partial charge in [0.1, 0.15) is 5.01 Å². The van der Waals surface area contributed by atoms with Crippen LogP contribution in [0.1, 0.15) is 55.5 Å². The van der Waals surface area contributed by atoms with Gasteiger partial charge in [0.15, 0.2) is 0 Å². The second-order valence-corrected chi connectivity index (χ2v) is 11.1. The van der Waals surface area contributed by atoms with Gasteiger partial charge in [0.05, 0.1) is 5.92 Å². The van der Waals surface area contributed by atoms with E-state index < -0.39 is 0 Å². The third-order valence-electron chi connectivity index (χ3n) is 7.32. The number of nitrogens with one attached hydrogen (secondary N) is 1. The number of carbonyl (C=O) groups is 2. The molecule has 188 valence electrons. The number of amides is 2. The Balaban J connectivity index is 1.11. The number of piperidine rings is 1. The third-order valence-corrected chi connectivity index (χ3v) is 8.22. The number of nitrogens with zero attached hydrogens (tertiary/aromatic N) is 4. The number of likely N-dealkylation sites (tertiary alicyclic amines) is 1. The zero-order valence-electron chi connectivity index (χ0n) is 20.3. The molecule has 9 heteroatoms. The highest BCUT2D eigenvalue weighted by molar-refractivity contribution is 7.15. The number of hydrogen-bond acceptors (Lipinski definition) is 7. The quantitative estimate of drug-likeness (QED) is 0.596. The Morgan fingerprint density at radius 1 is 1.11 bits per heavy atom. The molecule has 3 fully saturated rings. The zero-order valence-corrected chi connectivity index (χ0v) is 21.1. The summed E-state index contributed by atoms with van der Waals surface area (Å²) in [6.07, 6.45) is 8.32. The average Bonchev–Trinajstić information content (AvgIpc) is 3.51. The Labute approximate surface area is 211 Å². The van der Waals surface area contributed by atoms with Crippen molar-refractivity contribution in [2.24, 2.45) is 11.8 Å². The van der Waals surface area contributed by atoms with Crippen LogP contribution < -0.4 is 10.2 Å². The van der Waals surface area contributed by atoms with Gasteiger partial charge in [-0.25, -0.2) is 0 Å². The van der Waals surface area contributed by atoms with Crippen LogP contribution >= 0.6 is 11.3 Å². The molecule has 0 spiro atoms. The van der Waals surface area contributed by atoms with Crippen LogP contribution in [0.5, 0.6) is 0 Å². The molecule has 0 aliphatic carbocycles. The van der Waals surface area contributed by atoms with E-state index in [0.29, 0.717) is 17.6 Å². The van der Waals surface area contributed by atoms with Crippen LogP contribution in [0.15, 0.2) is 24.3 Å². The molecule has 2 amide bonds. The largest absolute Gasteiger partial charge is 0.381 e. The first kappa shape index (κ1) is 24.3. The minimum atomic E-state index is -0.387. The van der Waals surface area contributed by atoms with E-state index >= 15 is 0 Å². The lowest BCUT2D eigenvalue weighted by molar-refractivity contribution is -0.122. The molecule has 0 radical (unpaired) electrons. The maximum absolute atomic E-state index is 12.9. The minimum absolute atomic E-state index is 0.0124. The van der Waals surface area contributed by atoms with Crippen LogP contribution in [0.2, 0.25) is 0 Å². The van der Waals surface area contributed by atoms with Gasteiger partial charge in [-0.15, -0.1) is 10.2 Å². The van der Waals surface area contributed by atoms with E-state index in [9.17, 15) is 9.59 Å². The first-order chi connectivity index (χ1) is 17.1. The van der Waals surface area contributed by atoms with Crippen LogP contribution in [-0.2, 0) is 27.3 Å². The van der Waals surface area contributed by atoms with Gasteiger partial charge in [-0.2, -0.15) is 0 Å². The van der Waals surface area contributed by atoms with Gasteiger partial charge in [0.2, 0.25) is 16.9 Å². The molecule has 3 aliphatic heterocycles. The SMILES string of the molecule is O=C(Nc1nnc(CCC2CCCOC2)s1)C1CC(=O)N(c2ccc(CN3CCCCC3)cc2)C1. The molecule has 4 heterocycles.